The molecule has 25 heavy (non-hydrogen) atoms. The molecule has 4 nitrogen and oxygen atoms in total. The van der Waals surface area contributed by atoms with Gasteiger partial charge in [-0.1, -0.05) is 36.5 Å². The molecule has 2 unspecified atom stereocenters. The quantitative estimate of drug-likeness (QED) is 0.146. The number of hydrogen-bond donors (Lipinski definition) is 0. The van der Waals surface area contributed by atoms with Crippen LogP contribution in [0.1, 0.15) is 13.8 Å². The fourth-order valence-electron chi connectivity index (χ4n) is 1.30. The number of hydrogen-bond acceptors (Lipinski definition) is 5. The standard InChI is InChI=1S/C18H24O4S.2Rf/c1-5-7-9-11-17(19)21-15(3)13-23-14-16(4)22-18(20)12-10-8-6-2;;/h5-12,15-16H,3-4,13-14H2,1-2H3;;/q-2;;/b7-5+,8-6+,11-9+,12-10+;;. The predicted octanol–water partition coefficient (Wildman–Crippen LogP) is 3.48. The van der Waals surface area contributed by atoms with E-state index < -0.39 is 24.1 Å². The van der Waals surface area contributed by atoms with Gasteiger partial charge < -0.3 is 23.3 Å². The zero-order valence-electron chi connectivity index (χ0n) is 15.1. The SMILES string of the molecule is [CH2-]C(CSCC([CH2-])OC(=O)/C=C/C=C/C)OC(=O)/C=C/C=C/C.[Rf].[Rf]. The first-order valence-corrected chi connectivity index (χ1v) is 8.38. The Hall–Kier alpha value is -3.75. The number of esters is 2. The van der Waals surface area contributed by atoms with Gasteiger partial charge in [0.1, 0.15) is 0 Å². The average Bonchev–Trinajstić information content (AvgIpc) is 2.47. The van der Waals surface area contributed by atoms with Crippen molar-refractivity contribution < 1.29 is 19.1 Å². The summed E-state index contributed by atoms with van der Waals surface area (Å²) in [6, 6.07) is 0. The molecule has 0 saturated heterocycles. The summed E-state index contributed by atoms with van der Waals surface area (Å²) in [5, 5.41) is 0. The molecule has 0 rings (SSSR count). The second-order valence-electron chi connectivity index (χ2n) is 4.43. The normalized spacial score (nSPS) is 13.6. The monoisotopic (exact) mass is 870 g/mol. The Morgan fingerprint density at radius 2 is 1.20 bits per heavy atom. The molecule has 0 radical (unpaired) electrons. The van der Waals surface area contributed by atoms with Gasteiger partial charge in [-0.2, -0.15) is 11.8 Å². The Morgan fingerprint density at radius 3 is 1.52 bits per heavy atom. The summed E-state index contributed by atoms with van der Waals surface area (Å²) in [4.78, 5) is 22.8. The molecule has 0 heterocycles. The summed E-state index contributed by atoms with van der Waals surface area (Å²) < 4.78 is 10.2. The predicted molar refractivity (Wildman–Crippen MR) is 95.7 cm³/mol. The van der Waals surface area contributed by atoms with Crippen molar-refractivity contribution in [2.75, 3.05) is 11.5 Å². The van der Waals surface area contributed by atoms with E-state index in [0.717, 1.165) is 0 Å². The minimum atomic E-state index is -0.472. The minimum Gasteiger partial charge on any atom is -0.492 e. The zero-order valence-corrected chi connectivity index (χ0v) is 28.7. The van der Waals surface area contributed by atoms with E-state index in [1.165, 1.54) is 23.9 Å². The Morgan fingerprint density at radius 1 is 0.840 bits per heavy atom. The van der Waals surface area contributed by atoms with E-state index >= 15 is 0 Å². The molecule has 0 N–H and O–H groups in total. The summed E-state index contributed by atoms with van der Waals surface area (Å²) >= 11 is 1.45. The summed E-state index contributed by atoms with van der Waals surface area (Å²) in [7, 11) is 0. The Balaban J connectivity index is -0.00000242. The van der Waals surface area contributed by atoms with E-state index in [2.05, 4.69) is 13.8 Å². The number of rotatable bonds is 10. The first-order valence-electron chi connectivity index (χ1n) is 7.23. The van der Waals surface area contributed by atoms with Crippen LogP contribution in [0.5, 0.6) is 0 Å². The largest absolute Gasteiger partial charge is 0.492 e. The fourth-order valence-corrected chi connectivity index (χ4v) is 2.09. The van der Waals surface area contributed by atoms with Crippen molar-refractivity contribution in [3.63, 3.8) is 0 Å². The summed E-state index contributed by atoms with van der Waals surface area (Å²) in [5.74, 6) is 0.133. The second-order valence-corrected chi connectivity index (χ2v) is 5.50. The number of ether oxygens (including phenoxy) is 2. The maximum atomic E-state index is 11.4. The van der Waals surface area contributed by atoms with Gasteiger partial charge in [-0.25, -0.2) is 9.59 Å². The molecule has 7 heteroatoms. The van der Waals surface area contributed by atoms with Crippen LogP contribution in [-0.2, 0) is 19.1 Å². The third-order valence-corrected chi connectivity index (χ3v) is 3.46. The third-order valence-electron chi connectivity index (χ3n) is 2.24. The average molecular weight is 870 g/mol. The number of carbonyl (C=O) groups is 2. The number of thioether (sulfide) groups is 1. The molecule has 0 aromatic carbocycles. The van der Waals surface area contributed by atoms with Crippen molar-refractivity contribution in [2.24, 2.45) is 0 Å². The maximum Gasteiger partial charge on any atom is 0.328 e. The number of carbonyl (C=O) groups excluding carboxylic acids is 2. The van der Waals surface area contributed by atoms with Crippen molar-refractivity contribution >= 4 is 23.7 Å². The van der Waals surface area contributed by atoms with Crippen LogP contribution in [-0.4, -0.2) is 35.7 Å². The van der Waals surface area contributed by atoms with Crippen molar-refractivity contribution in [3.05, 3.63) is 62.5 Å². The van der Waals surface area contributed by atoms with E-state index in [1.807, 2.05) is 26.0 Å². The van der Waals surface area contributed by atoms with E-state index in [-0.39, 0.29) is 0 Å². The van der Waals surface area contributed by atoms with Gasteiger partial charge in [-0.15, -0.1) is 0 Å². The van der Waals surface area contributed by atoms with Gasteiger partial charge in [0.25, 0.3) is 0 Å². The first-order chi connectivity index (χ1) is 11.0. The van der Waals surface area contributed by atoms with Crippen molar-refractivity contribution in [2.45, 2.75) is 26.1 Å². The Labute approximate surface area is 143 Å². The van der Waals surface area contributed by atoms with Crippen LogP contribution < -0.4 is 0 Å². The van der Waals surface area contributed by atoms with Gasteiger partial charge in [0.05, 0.1) is 0 Å². The van der Waals surface area contributed by atoms with Crippen LogP contribution in [0.2, 0.25) is 0 Å². The summed E-state index contributed by atoms with van der Waals surface area (Å²) in [6.45, 7) is 11.2. The van der Waals surface area contributed by atoms with Crippen LogP contribution in [0.25, 0.3) is 0 Å². The van der Waals surface area contributed by atoms with E-state index in [1.54, 1.807) is 24.3 Å². The van der Waals surface area contributed by atoms with Gasteiger partial charge in [-0.3, -0.25) is 0 Å². The molecule has 0 bridgehead atoms. The number of allylic oxidation sites excluding steroid dienone is 6. The topological polar surface area (TPSA) is 52.6 Å². The van der Waals surface area contributed by atoms with Crippen LogP contribution >= 0.6 is 11.8 Å². The first kappa shape index (κ1) is 26.2. The second kappa shape index (κ2) is 16.6. The van der Waals surface area contributed by atoms with Gasteiger partial charge in [-0.05, 0) is 26.1 Å². The molecule has 0 saturated carbocycles. The van der Waals surface area contributed by atoms with Gasteiger partial charge in [0, 0.05) is 23.7 Å². The molecule has 0 aliphatic heterocycles. The van der Waals surface area contributed by atoms with E-state index in [4.69, 9.17) is 9.47 Å². The Kier molecular flexibility index (Phi) is 17.4. The molecule has 0 spiro atoms. The van der Waals surface area contributed by atoms with Crippen LogP contribution in [0.3, 0.4) is 0 Å². The fraction of sp³-hybridized carbons (Fsp3) is 0.333. The minimum absolute atomic E-state index is 0. The van der Waals surface area contributed by atoms with Crippen molar-refractivity contribution in [1.82, 2.24) is 0 Å². The van der Waals surface area contributed by atoms with Gasteiger partial charge >= 0.3 is 11.9 Å². The summed E-state index contributed by atoms with van der Waals surface area (Å²) in [6.07, 6.45) is 12.0. The van der Waals surface area contributed by atoms with E-state index in [0.29, 0.717) is 11.5 Å². The smallest absolute Gasteiger partial charge is 0.328 e. The van der Waals surface area contributed by atoms with Crippen LogP contribution in [0.4, 0.5) is 0 Å². The molecule has 0 amide bonds. The van der Waals surface area contributed by atoms with Gasteiger partial charge in [0.15, 0.2) is 0 Å². The molecular weight excluding hydrogens is 846 g/mol. The molecule has 132 valence electrons. The van der Waals surface area contributed by atoms with Crippen LogP contribution in [0.15, 0.2) is 48.6 Å². The molecule has 0 aromatic heterocycles. The molecule has 0 fully saturated rings. The molecule has 0 aliphatic rings. The maximum absolute atomic E-state index is 11.4. The third kappa shape index (κ3) is 16.4. The van der Waals surface area contributed by atoms with Crippen LogP contribution in [0, 0.1) is 13.8 Å². The van der Waals surface area contributed by atoms with Gasteiger partial charge in [0.2, 0.25) is 0 Å². The Bertz CT molecular complexity index is 432. The molecule has 0 aliphatic carbocycles. The van der Waals surface area contributed by atoms with E-state index in [9.17, 15) is 9.59 Å². The molecule has 0 aromatic rings. The molecule has 2 atom stereocenters. The van der Waals surface area contributed by atoms with Crippen molar-refractivity contribution in [1.29, 1.82) is 0 Å². The summed E-state index contributed by atoms with van der Waals surface area (Å²) in [5.41, 5.74) is 0. The van der Waals surface area contributed by atoms with Crippen molar-refractivity contribution in [3.8, 4) is 0 Å². The zero-order chi connectivity index (χ0) is 17.5. The molecular formula is C18H24O4Rf2S-2.